The minimum Gasteiger partial charge on any atom is -0.368 e. The van der Waals surface area contributed by atoms with Crippen molar-refractivity contribution in [2.75, 3.05) is 31.1 Å². The molecule has 136 valence electrons. The standard InChI is InChI=1S/C20H22ClN3O2/c1-15-5-2-3-6-16(15)14-22-19(25)20(26)24-11-9-23(10-12-24)18-8-4-7-17(21)13-18/h2-8,13H,9-12,14H2,1H3,(H,22,25). The number of carbonyl (C=O) groups is 2. The van der Waals surface area contributed by atoms with Crippen LogP contribution in [0.1, 0.15) is 11.1 Å². The molecule has 1 N–H and O–H groups in total. The lowest BCUT2D eigenvalue weighted by Crippen LogP contribution is -2.52. The summed E-state index contributed by atoms with van der Waals surface area (Å²) in [6.45, 7) is 4.73. The monoisotopic (exact) mass is 371 g/mol. The van der Waals surface area contributed by atoms with Crippen LogP contribution in [-0.2, 0) is 16.1 Å². The third kappa shape index (κ3) is 4.35. The minimum atomic E-state index is -0.551. The van der Waals surface area contributed by atoms with Crippen LogP contribution < -0.4 is 10.2 Å². The molecule has 0 saturated carbocycles. The Balaban J connectivity index is 1.51. The van der Waals surface area contributed by atoms with Gasteiger partial charge in [-0.3, -0.25) is 9.59 Å². The molecular weight excluding hydrogens is 350 g/mol. The maximum absolute atomic E-state index is 12.4. The Hall–Kier alpha value is -2.53. The summed E-state index contributed by atoms with van der Waals surface area (Å²) in [5, 5.41) is 3.42. The highest BCUT2D eigenvalue weighted by molar-refractivity contribution is 6.35. The third-order valence-corrected chi connectivity index (χ3v) is 4.87. The first-order chi connectivity index (χ1) is 12.5. The zero-order valence-electron chi connectivity index (χ0n) is 14.7. The highest BCUT2D eigenvalue weighted by Crippen LogP contribution is 2.20. The molecule has 1 aliphatic rings. The molecule has 0 spiro atoms. The van der Waals surface area contributed by atoms with Crippen LogP contribution in [0.2, 0.25) is 5.02 Å². The van der Waals surface area contributed by atoms with Crippen molar-refractivity contribution in [3.63, 3.8) is 0 Å². The first-order valence-electron chi connectivity index (χ1n) is 8.67. The molecule has 26 heavy (non-hydrogen) atoms. The van der Waals surface area contributed by atoms with Gasteiger partial charge in [-0.2, -0.15) is 0 Å². The van der Waals surface area contributed by atoms with Gasteiger partial charge in [0.2, 0.25) is 0 Å². The fourth-order valence-electron chi connectivity index (χ4n) is 3.04. The van der Waals surface area contributed by atoms with Gasteiger partial charge in [0.25, 0.3) is 0 Å². The first-order valence-corrected chi connectivity index (χ1v) is 9.04. The minimum absolute atomic E-state index is 0.361. The Morgan fingerprint density at radius 2 is 1.77 bits per heavy atom. The summed E-state index contributed by atoms with van der Waals surface area (Å²) in [5.74, 6) is -1.02. The van der Waals surface area contributed by atoms with Gasteiger partial charge in [0.15, 0.2) is 0 Å². The summed E-state index contributed by atoms with van der Waals surface area (Å²) in [6.07, 6.45) is 0. The molecule has 2 amide bonds. The average Bonchev–Trinajstić information content (AvgIpc) is 2.66. The largest absolute Gasteiger partial charge is 0.368 e. The van der Waals surface area contributed by atoms with Gasteiger partial charge in [-0.15, -0.1) is 0 Å². The van der Waals surface area contributed by atoms with Crippen molar-refractivity contribution in [3.8, 4) is 0 Å². The van der Waals surface area contributed by atoms with E-state index < -0.39 is 11.8 Å². The first kappa shape index (κ1) is 18.3. The van der Waals surface area contributed by atoms with Crippen LogP contribution in [0.5, 0.6) is 0 Å². The quantitative estimate of drug-likeness (QED) is 0.844. The van der Waals surface area contributed by atoms with Crippen LogP contribution in [0, 0.1) is 6.92 Å². The second kappa shape index (κ2) is 8.23. The highest BCUT2D eigenvalue weighted by atomic mass is 35.5. The van der Waals surface area contributed by atoms with E-state index in [4.69, 9.17) is 11.6 Å². The van der Waals surface area contributed by atoms with Crippen molar-refractivity contribution in [1.82, 2.24) is 10.2 Å². The third-order valence-electron chi connectivity index (χ3n) is 4.64. The fourth-order valence-corrected chi connectivity index (χ4v) is 3.23. The van der Waals surface area contributed by atoms with Gasteiger partial charge in [0.1, 0.15) is 0 Å². The molecule has 1 heterocycles. The van der Waals surface area contributed by atoms with Gasteiger partial charge in [-0.05, 0) is 36.2 Å². The molecular formula is C20H22ClN3O2. The maximum atomic E-state index is 12.4. The molecule has 1 fully saturated rings. The van der Waals surface area contributed by atoms with Crippen LogP contribution in [0.25, 0.3) is 0 Å². The second-order valence-electron chi connectivity index (χ2n) is 6.37. The topological polar surface area (TPSA) is 52.7 Å². The van der Waals surface area contributed by atoms with Crippen molar-refractivity contribution in [2.24, 2.45) is 0 Å². The number of hydrogen-bond acceptors (Lipinski definition) is 3. The van der Waals surface area contributed by atoms with E-state index in [0.717, 1.165) is 16.8 Å². The van der Waals surface area contributed by atoms with E-state index in [-0.39, 0.29) is 0 Å². The van der Waals surface area contributed by atoms with Crippen LogP contribution in [0.3, 0.4) is 0 Å². The van der Waals surface area contributed by atoms with Crippen LogP contribution in [0.4, 0.5) is 5.69 Å². The number of benzene rings is 2. The number of nitrogens with one attached hydrogen (secondary N) is 1. The summed E-state index contributed by atoms with van der Waals surface area (Å²) in [4.78, 5) is 28.3. The zero-order chi connectivity index (χ0) is 18.5. The molecule has 1 saturated heterocycles. The molecule has 0 bridgehead atoms. The highest BCUT2D eigenvalue weighted by Gasteiger charge is 2.26. The maximum Gasteiger partial charge on any atom is 0.312 e. The van der Waals surface area contributed by atoms with E-state index in [1.54, 1.807) is 4.90 Å². The molecule has 0 aromatic heterocycles. The lowest BCUT2D eigenvalue weighted by Gasteiger charge is -2.35. The number of halogens is 1. The number of hydrogen-bond donors (Lipinski definition) is 1. The van der Waals surface area contributed by atoms with Crippen LogP contribution >= 0.6 is 11.6 Å². The Labute approximate surface area is 158 Å². The lowest BCUT2D eigenvalue weighted by molar-refractivity contribution is -0.146. The van der Waals surface area contributed by atoms with Gasteiger partial charge >= 0.3 is 11.8 Å². The van der Waals surface area contributed by atoms with E-state index in [2.05, 4.69) is 10.2 Å². The molecule has 0 radical (unpaired) electrons. The number of piperazine rings is 1. The number of aryl methyl sites for hydroxylation is 1. The zero-order valence-corrected chi connectivity index (χ0v) is 15.5. The normalized spacial score (nSPS) is 14.2. The summed E-state index contributed by atoms with van der Waals surface area (Å²) >= 11 is 6.04. The van der Waals surface area contributed by atoms with Crippen molar-refractivity contribution in [3.05, 3.63) is 64.7 Å². The Bertz CT molecular complexity index is 801. The average molecular weight is 372 g/mol. The van der Waals surface area contributed by atoms with Crippen LogP contribution in [0.15, 0.2) is 48.5 Å². The summed E-state index contributed by atoms with van der Waals surface area (Å²) < 4.78 is 0. The number of amides is 2. The van der Waals surface area contributed by atoms with Gasteiger partial charge in [0, 0.05) is 43.4 Å². The van der Waals surface area contributed by atoms with Crippen molar-refractivity contribution < 1.29 is 9.59 Å². The van der Waals surface area contributed by atoms with Crippen LogP contribution in [-0.4, -0.2) is 42.9 Å². The molecule has 1 aliphatic heterocycles. The van der Waals surface area contributed by atoms with E-state index >= 15 is 0 Å². The van der Waals surface area contributed by atoms with E-state index in [1.807, 2.05) is 55.5 Å². The molecule has 5 nitrogen and oxygen atoms in total. The molecule has 2 aromatic rings. The molecule has 2 aromatic carbocycles. The number of rotatable bonds is 3. The van der Waals surface area contributed by atoms with Gasteiger partial charge in [-0.25, -0.2) is 0 Å². The summed E-state index contributed by atoms with van der Waals surface area (Å²) in [7, 11) is 0. The van der Waals surface area contributed by atoms with E-state index in [0.29, 0.717) is 37.7 Å². The van der Waals surface area contributed by atoms with E-state index in [9.17, 15) is 9.59 Å². The van der Waals surface area contributed by atoms with Gasteiger partial charge < -0.3 is 15.1 Å². The summed E-state index contributed by atoms with van der Waals surface area (Å²) in [5.41, 5.74) is 3.14. The molecule has 0 atom stereocenters. The Morgan fingerprint density at radius 3 is 2.46 bits per heavy atom. The SMILES string of the molecule is Cc1ccccc1CNC(=O)C(=O)N1CCN(c2cccc(Cl)c2)CC1. The van der Waals surface area contributed by atoms with Gasteiger partial charge in [-0.1, -0.05) is 41.9 Å². The Kier molecular flexibility index (Phi) is 5.78. The summed E-state index contributed by atoms with van der Waals surface area (Å²) in [6, 6.07) is 15.5. The van der Waals surface area contributed by atoms with Crippen molar-refractivity contribution >= 4 is 29.1 Å². The van der Waals surface area contributed by atoms with E-state index in [1.165, 1.54) is 0 Å². The predicted octanol–water partition coefficient (Wildman–Crippen LogP) is 2.61. The molecule has 0 unspecified atom stereocenters. The number of carbonyl (C=O) groups excluding carboxylic acids is 2. The Morgan fingerprint density at radius 1 is 1.04 bits per heavy atom. The van der Waals surface area contributed by atoms with Gasteiger partial charge in [0.05, 0.1) is 0 Å². The predicted molar refractivity (Wildman–Crippen MR) is 103 cm³/mol. The van der Waals surface area contributed by atoms with Crippen molar-refractivity contribution in [1.29, 1.82) is 0 Å². The lowest BCUT2D eigenvalue weighted by atomic mass is 10.1. The molecule has 0 aliphatic carbocycles. The fraction of sp³-hybridized carbons (Fsp3) is 0.300. The smallest absolute Gasteiger partial charge is 0.312 e. The number of anilines is 1. The van der Waals surface area contributed by atoms with Crippen molar-refractivity contribution in [2.45, 2.75) is 13.5 Å². The number of nitrogens with zero attached hydrogens (tertiary/aromatic N) is 2. The molecule has 3 rings (SSSR count). The molecule has 6 heteroatoms. The second-order valence-corrected chi connectivity index (χ2v) is 6.80.